The normalized spacial score (nSPS) is 21.0. The molecule has 2 amide bonds. The second-order valence-electron chi connectivity index (χ2n) is 5.17. The van der Waals surface area contributed by atoms with E-state index in [1.54, 1.807) is 16.7 Å². The van der Waals surface area contributed by atoms with E-state index in [9.17, 15) is 9.59 Å². The largest absolute Gasteiger partial charge is 0.324 e. The van der Waals surface area contributed by atoms with Gasteiger partial charge in [-0.3, -0.25) is 14.6 Å². The van der Waals surface area contributed by atoms with E-state index >= 15 is 0 Å². The molecule has 7 heteroatoms. The summed E-state index contributed by atoms with van der Waals surface area (Å²) in [4.78, 5) is 30.7. The van der Waals surface area contributed by atoms with E-state index in [0.717, 1.165) is 22.4 Å². The first kappa shape index (κ1) is 15.4. The molecule has 1 aromatic rings. The number of carbonyl (C=O) groups excluding carboxylic acids is 2. The molecule has 0 unspecified atom stereocenters. The molecule has 0 bridgehead atoms. The third kappa shape index (κ3) is 3.30. The SMILES string of the molecule is C[C@@H]1CC(=O)Nc2ccccc2N1C(=O)CSC1=NCCS1. The van der Waals surface area contributed by atoms with Crippen molar-refractivity contribution in [2.45, 2.75) is 19.4 Å². The summed E-state index contributed by atoms with van der Waals surface area (Å²) in [6.07, 6.45) is 0.306. The van der Waals surface area contributed by atoms with Crippen molar-refractivity contribution in [2.75, 3.05) is 28.3 Å². The fourth-order valence-electron chi connectivity index (χ4n) is 2.56. The second kappa shape index (κ2) is 6.75. The zero-order chi connectivity index (χ0) is 15.5. The van der Waals surface area contributed by atoms with Crippen LogP contribution in [0.4, 0.5) is 11.4 Å². The fourth-order valence-corrected chi connectivity index (χ4v) is 4.43. The molecule has 0 fully saturated rings. The summed E-state index contributed by atoms with van der Waals surface area (Å²) in [5, 5.41) is 2.87. The van der Waals surface area contributed by atoms with E-state index in [-0.39, 0.29) is 17.9 Å². The molecule has 2 aliphatic rings. The summed E-state index contributed by atoms with van der Waals surface area (Å²) >= 11 is 3.18. The highest BCUT2D eigenvalue weighted by Gasteiger charge is 2.29. The number of nitrogens with one attached hydrogen (secondary N) is 1. The number of thioether (sulfide) groups is 2. The molecule has 1 atom stereocenters. The van der Waals surface area contributed by atoms with Gasteiger partial charge >= 0.3 is 0 Å². The topological polar surface area (TPSA) is 61.8 Å². The quantitative estimate of drug-likeness (QED) is 0.902. The van der Waals surface area contributed by atoms with Crippen LogP contribution in [0.25, 0.3) is 0 Å². The van der Waals surface area contributed by atoms with Crippen LogP contribution in [0, 0.1) is 0 Å². The van der Waals surface area contributed by atoms with Crippen LogP contribution in [-0.4, -0.2) is 40.3 Å². The summed E-state index contributed by atoms with van der Waals surface area (Å²) in [6.45, 7) is 2.74. The zero-order valence-electron chi connectivity index (χ0n) is 12.2. The highest BCUT2D eigenvalue weighted by atomic mass is 32.2. The molecule has 0 aliphatic carbocycles. The number of anilines is 2. The molecule has 1 N–H and O–H groups in total. The predicted molar refractivity (Wildman–Crippen MR) is 93.9 cm³/mol. The Morgan fingerprint density at radius 3 is 3.09 bits per heavy atom. The van der Waals surface area contributed by atoms with Crippen LogP contribution in [0.15, 0.2) is 29.3 Å². The molecule has 0 aromatic heterocycles. The molecule has 5 nitrogen and oxygen atoms in total. The third-order valence-electron chi connectivity index (χ3n) is 3.50. The lowest BCUT2D eigenvalue weighted by atomic mass is 10.2. The molecule has 116 valence electrons. The van der Waals surface area contributed by atoms with Crippen molar-refractivity contribution in [3.05, 3.63) is 24.3 Å². The van der Waals surface area contributed by atoms with Gasteiger partial charge < -0.3 is 10.2 Å². The Balaban J connectivity index is 1.80. The Kier molecular flexibility index (Phi) is 4.73. The van der Waals surface area contributed by atoms with Gasteiger partial charge in [0.05, 0.1) is 23.7 Å². The number of nitrogens with zero attached hydrogens (tertiary/aromatic N) is 2. The van der Waals surface area contributed by atoms with Gasteiger partial charge in [-0.1, -0.05) is 35.7 Å². The highest BCUT2D eigenvalue weighted by Crippen LogP contribution is 2.32. The van der Waals surface area contributed by atoms with Gasteiger partial charge in [0.25, 0.3) is 0 Å². The van der Waals surface area contributed by atoms with Gasteiger partial charge in [-0.05, 0) is 19.1 Å². The first-order valence-corrected chi connectivity index (χ1v) is 9.13. The summed E-state index contributed by atoms with van der Waals surface area (Å²) < 4.78 is 0.985. The number of carbonyl (C=O) groups is 2. The molecular weight excluding hydrogens is 318 g/mol. The van der Waals surface area contributed by atoms with Gasteiger partial charge in [0, 0.05) is 18.2 Å². The fraction of sp³-hybridized carbons (Fsp3) is 0.400. The van der Waals surface area contributed by atoms with E-state index in [0.29, 0.717) is 17.9 Å². The third-order valence-corrected chi connectivity index (χ3v) is 5.74. The van der Waals surface area contributed by atoms with Crippen LogP contribution in [0.5, 0.6) is 0 Å². The van der Waals surface area contributed by atoms with Crippen LogP contribution in [0.3, 0.4) is 0 Å². The number of rotatable bonds is 2. The second-order valence-corrected chi connectivity index (χ2v) is 7.47. The number of fused-ring (bicyclic) bond motifs is 1. The van der Waals surface area contributed by atoms with Crippen LogP contribution in [0.2, 0.25) is 0 Å². The molecule has 3 rings (SSSR count). The zero-order valence-corrected chi connectivity index (χ0v) is 13.9. The maximum atomic E-state index is 12.7. The van der Waals surface area contributed by atoms with E-state index < -0.39 is 0 Å². The lowest BCUT2D eigenvalue weighted by Gasteiger charge is -2.27. The van der Waals surface area contributed by atoms with Crippen molar-refractivity contribution in [1.29, 1.82) is 0 Å². The van der Waals surface area contributed by atoms with Gasteiger partial charge in [-0.25, -0.2) is 0 Å². The highest BCUT2D eigenvalue weighted by molar-refractivity contribution is 8.39. The first-order valence-electron chi connectivity index (χ1n) is 7.16. The number of benzene rings is 1. The molecular formula is C15H17N3O2S2. The van der Waals surface area contributed by atoms with Crippen LogP contribution in [0.1, 0.15) is 13.3 Å². The van der Waals surface area contributed by atoms with Crippen molar-refractivity contribution >= 4 is 51.1 Å². The van der Waals surface area contributed by atoms with Crippen molar-refractivity contribution in [3.63, 3.8) is 0 Å². The average Bonchev–Trinajstić information content (AvgIpc) is 2.96. The Morgan fingerprint density at radius 2 is 2.32 bits per heavy atom. The van der Waals surface area contributed by atoms with E-state index in [4.69, 9.17) is 0 Å². The monoisotopic (exact) mass is 335 g/mol. The van der Waals surface area contributed by atoms with Crippen molar-refractivity contribution in [3.8, 4) is 0 Å². The minimum atomic E-state index is -0.157. The maximum absolute atomic E-state index is 12.7. The number of hydrogen-bond donors (Lipinski definition) is 1. The lowest BCUT2D eigenvalue weighted by molar-refractivity contribution is -0.117. The standard InChI is InChI=1S/C15H17N3O2S2/c1-10-8-13(19)17-11-4-2-3-5-12(11)18(10)14(20)9-22-15-16-6-7-21-15/h2-5,10H,6-9H2,1H3,(H,17,19)/t10-/m1/s1. The molecule has 0 radical (unpaired) electrons. The molecule has 22 heavy (non-hydrogen) atoms. The molecule has 2 heterocycles. The maximum Gasteiger partial charge on any atom is 0.237 e. The molecule has 0 spiro atoms. The summed E-state index contributed by atoms with van der Waals surface area (Å²) in [6, 6.07) is 7.29. The minimum Gasteiger partial charge on any atom is -0.324 e. The molecule has 2 aliphatic heterocycles. The van der Waals surface area contributed by atoms with Crippen LogP contribution in [-0.2, 0) is 9.59 Å². The summed E-state index contributed by atoms with van der Waals surface area (Å²) in [7, 11) is 0. The Morgan fingerprint density at radius 1 is 1.50 bits per heavy atom. The first-order chi connectivity index (χ1) is 10.6. The Bertz CT molecular complexity index is 633. The van der Waals surface area contributed by atoms with Crippen LogP contribution < -0.4 is 10.2 Å². The number of aliphatic imine (C=N–C) groups is 1. The Hall–Kier alpha value is -1.47. The predicted octanol–water partition coefficient (Wildman–Crippen LogP) is 2.59. The van der Waals surface area contributed by atoms with Crippen molar-refractivity contribution in [2.24, 2.45) is 4.99 Å². The molecule has 1 aromatic carbocycles. The molecule has 0 saturated heterocycles. The smallest absolute Gasteiger partial charge is 0.237 e. The molecule has 0 saturated carbocycles. The Labute approximate surface area is 137 Å². The van der Waals surface area contributed by atoms with E-state index in [1.165, 1.54) is 11.8 Å². The van der Waals surface area contributed by atoms with Gasteiger partial charge in [-0.15, -0.1) is 0 Å². The minimum absolute atomic E-state index is 0.0108. The van der Waals surface area contributed by atoms with Crippen LogP contribution >= 0.6 is 23.5 Å². The lowest BCUT2D eigenvalue weighted by Crippen LogP contribution is -2.40. The average molecular weight is 335 g/mol. The van der Waals surface area contributed by atoms with Crippen molar-refractivity contribution < 1.29 is 9.59 Å². The number of hydrogen-bond acceptors (Lipinski definition) is 5. The van der Waals surface area contributed by atoms with E-state index in [1.807, 2.05) is 31.2 Å². The summed E-state index contributed by atoms with van der Waals surface area (Å²) in [5.41, 5.74) is 1.47. The van der Waals surface area contributed by atoms with Gasteiger partial charge in [0.1, 0.15) is 4.38 Å². The van der Waals surface area contributed by atoms with Gasteiger partial charge in [-0.2, -0.15) is 0 Å². The number of amides is 2. The van der Waals surface area contributed by atoms with E-state index in [2.05, 4.69) is 10.3 Å². The number of para-hydroxylation sites is 2. The van der Waals surface area contributed by atoms with Crippen molar-refractivity contribution in [1.82, 2.24) is 0 Å². The van der Waals surface area contributed by atoms with Gasteiger partial charge in [0.2, 0.25) is 11.8 Å². The summed E-state index contributed by atoms with van der Waals surface area (Å²) in [5.74, 6) is 1.30. The van der Waals surface area contributed by atoms with Gasteiger partial charge in [0.15, 0.2) is 0 Å².